The van der Waals surface area contributed by atoms with E-state index in [1.165, 1.54) is 17.0 Å². The molecule has 1 amide bonds. The lowest BCUT2D eigenvalue weighted by Crippen LogP contribution is -2.42. The zero-order chi connectivity index (χ0) is 19.5. The first-order valence-electron chi connectivity index (χ1n) is 8.92. The number of ether oxygens (including phenoxy) is 1. The van der Waals surface area contributed by atoms with E-state index in [4.69, 9.17) is 4.74 Å². The van der Waals surface area contributed by atoms with Gasteiger partial charge in [0.05, 0.1) is 11.0 Å². The molecule has 0 saturated heterocycles. The van der Waals surface area contributed by atoms with Crippen molar-refractivity contribution >= 4 is 22.9 Å². The second kappa shape index (κ2) is 7.82. The van der Waals surface area contributed by atoms with Crippen molar-refractivity contribution in [2.24, 2.45) is 0 Å². The molecule has 1 unspecified atom stereocenters. The smallest absolute Gasteiger partial charge is 0.310 e. The van der Waals surface area contributed by atoms with E-state index in [0.717, 1.165) is 17.5 Å². The van der Waals surface area contributed by atoms with Crippen LogP contribution in [0.15, 0.2) is 66.0 Å². The molecule has 1 aromatic heterocycles. The van der Waals surface area contributed by atoms with Crippen molar-refractivity contribution in [3.63, 3.8) is 0 Å². The standard InChI is InChI=1S/C21H18N2O4S/c24-20(14-27-18-9-5-4-8-17(18)23(25)26)22-12-10-19-16(11-13-28-19)21(22)15-6-2-1-3-7-15/h1-9,11,13,21H,10,12,14H2. The molecule has 0 bridgehead atoms. The summed E-state index contributed by atoms with van der Waals surface area (Å²) in [5, 5.41) is 13.2. The quantitative estimate of drug-likeness (QED) is 0.480. The van der Waals surface area contributed by atoms with Crippen molar-refractivity contribution in [2.75, 3.05) is 13.2 Å². The molecule has 28 heavy (non-hydrogen) atoms. The predicted molar refractivity (Wildman–Crippen MR) is 107 cm³/mol. The third-order valence-corrected chi connectivity index (χ3v) is 5.81. The highest BCUT2D eigenvalue weighted by molar-refractivity contribution is 7.10. The lowest BCUT2D eigenvalue weighted by molar-refractivity contribution is -0.385. The monoisotopic (exact) mass is 394 g/mol. The van der Waals surface area contributed by atoms with E-state index < -0.39 is 4.92 Å². The van der Waals surface area contributed by atoms with Crippen molar-refractivity contribution in [1.29, 1.82) is 0 Å². The van der Waals surface area contributed by atoms with E-state index in [9.17, 15) is 14.9 Å². The van der Waals surface area contributed by atoms with Gasteiger partial charge in [0.1, 0.15) is 0 Å². The zero-order valence-corrected chi connectivity index (χ0v) is 15.8. The minimum atomic E-state index is -0.509. The van der Waals surface area contributed by atoms with Crippen LogP contribution in [-0.4, -0.2) is 28.9 Å². The van der Waals surface area contributed by atoms with Gasteiger partial charge in [-0.3, -0.25) is 14.9 Å². The number of fused-ring (bicyclic) bond motifs is 1. The van der Waals surface area contributed by atoms with E-state index in [1.807, 2.05) is 30.3 Å². The third-order valence-electron chi connectivity index (χ3n) is 4.81. The summed E-state index contributed by atoms with van der Waals surface area (Å²) < 4.78 is 5.54. The number of nitro groups is 1. The van der Waals surface area contributed by atoms with Gasteiger partial charge in [-0.2, -0.15) is 0 Å². The highest BCUT2D eigenvalue weighted by atomic mass is 32.1. The van der Waals surface area contributed by atoms with E-state index in [2.05, 4.69) is 11.4 Å². The molecule has 7 heteroatoms. The average Bonchev–Trinajstić information content (AvgIpc) is 3.21. The predicted octanol–water partition coefficient (Wildman–Crippen LogP) is 4.21. The van der Waals surface area contributed by atoms with Gasteiger partial charge in [-0.25, -0.2) is 0 Å². The fourth-order valence-corrected chi connectivity index (χ4v) is 4.44. The van der Waals surface area contributed by atoms with Crippen molar-refractivity contribution in [3.8, 4) is 5.75 Å². The number of carbonyl (C=O) groups is 1. The summed E-state index contributed by atoms with van der Waals surface area (Å²) in [7, 11) is 0. The first-order chi connectivity index (χ1) is 13.6. The highest BCUT2D eigenvalue weighted by Gasteiger charge is 2.33. The molecule has 6 nitrogen and oxygen atoms in total. The van der Waals surface area contributed by atoms with Crippen molar-refractivity contribution in [2.45, 2.75) is 12.5 Å². The summed E-state index contributed by atoms with van der Waals surface area (Å²) in [5.74, 6) is -0.0887. The van der Waals surface area contributed by atoms with Gasteiger partial charge in [0.25, 0.3) is 5.91 Å². The number of para-hydroxylation sites is 2. The number of rotatable bonds is 5. The van der Waals surface area contributed by atoms with Crippen LogP contribution in [0.3, 0.4) is 0 Å². The van der Waals surface area contributed by atoms with Crippen LogP contribution in [0.4, 0.5) is 5.69 Å². The van der Waals surface area contributed by atoms with E-state index >= 15 is 0 Å². The first-order valence-corrected chi connectivity index (χ1v) is 9.80. The number of hydrogen-bond donors (Lipinski definition) is 0. The van der Waals surface area contributed by atoms with Gasteiger partial charge in [0.2, 0.25) is 0 Å². The Balaban J connectivity index is 1.57. The summed E-state index contributed by atoms with van der Waals surface area (Å²) >= 11 is 1.71. The Hall–Kier alpha value is -3.19. The van der Waals surface area contributed by atoms with Gasteiger partial charge < -0.3 is 9.64 Å². The second-order valence-corrected chi connectivity index (χ2v) is 7.46. The Kier molecular flexibility index (Phi) is 5.08. The number of amides is 1. The molecule has 2 heterocycles. The molecule has 3 aromatic rings. The van der Waals surface area contributed by atoms with Gasteiger partial charge >= 0.3 is 5.69 Å². The van der Waals surface area contributed by atoms with Gasteiger partial charge in [0, 0.05) is 17.5 Å². The first kappa shape index (κ1) is 18.2. The maximum Gasteiger partial charge on any atom is 0.310 e. The Labute approximate surface area is 166 Å². The van der Waals surface area contributed by atoms with Crippen LogP contribution in [-0.2, 0) is 11.2 Å². The molecular weight excluding hydrogens is 376 g/mol. The molecule has 0 N–H and O–H groups in total. The van der Waals surface area contributed by atoms with E-state index in [-0.39, 0.29) is 30.0 Å². The number of thiophene rings is 1. The SMILES string of the molecule is O=C(COc1ccccc1[N+](=O)[O-])N1CCc2sccc2C1c1ccccc1. The molecule has 0 saturated carbocycles. The number of nitro benzene ring substituents is 1. The van der Waals surface area contributed by atoms with Crippen LogP contribution in [0.1, 0.15) is 22.0 Å². The third kappa shape index (κ3) is 3.48. The van der Waals surface area contributed by atoms with Crippen LogP contribution in [0.25, 0.3) is 0 Å². The van der Waals surface area contributed by atoms with Crippen molar-refractivity contribution < 1.29 is 14.5 Å². The maximum atomic E-state index is 13.0. The molecule has 1 aliphatic rings. The molecule has 0 radical (unpaired) electrons. The number of nitrogens with zero attached hydrogens (tertiary/aromatic N) is 2. The summed E-state index contributed by atoms with van der Waals surface area (Å²) in [6.45, 7) is 0.347. The lowest BCUT2D eigenvalue weighted by Gasteiger charge is -2.36. The Morgan fingerprint density at radius 1 is 1.14 bits per heavy atom. The van der Waals surface area contributed by atoms with Crippen LogP contribution in [0.5, 0.6) is 5.75 Å². The molecule has 0 spiro atoms. The van der Waals surface area contributed by atoms with Gasteiger partial charge in [-0.05, 0) is 35.1 Å². The molecule has 0 fully saturated rings. The minimum absolute atomic E-state index is 0.102. The number of hydrogen-bond acceptors (Lipinski definition) is 5. The fraction of sp³-hybridized carbons (Fsp3) is 0.190. The molecule has 1 aliphatic heterocycles. The molecule has 1 atom stereocenters. The molecule has 142 valence electrons. The minimum Gasteiger partial charge on any atom is -0.477 e. The molecule has 4 rings (SSSR count). The average molecular weight is 394 g/mol. The van der Waals surface area contributed by atoms with E-state index in [0.29, 0.717) is 6.54 Å². The van der Waals surface area contributed by atoms with Gasteiger partial charge in [0.15, 0.2) is 12.4 Å². The van der Waals surface area contributed by atoms with Crippen LogP contribution < -0.4 is 4.74 Å². The van der Waals surface area contributed by atoms with Crippen molar-refractivity contribution in [1.82, 2.24) is 4.90 Å². The van der Waals surface area contributed by atoms with Crippen LogP contribution in [0, 0.1) is 10.1 Å². The van der Waals surface area contributed by atoms with Crippen LogP contribution in [0.2, 0.25) is 0 Å². The molecule has 2 aromatic carbocycles. The maximum absolute atomic E-state index is 13.0. The van der Waals surface area contributed by atoms with E-state index in [1.54, 1.807) is 28.4 Å². The second-order valence-electron chi connectivity index (χ2n) is 6.46. The Morgan fingerprint density at radius 3 is 2.68 bits per heavy atom. The number of benzene rings is 2. The van der Waals surface area contributed by atoms with Crippen LogP contribution >= 0.6 is 11.3 Å². The van der Waals surface area contributed by atoms with Crippen molar-refractivity contribution in [3.05, 3.63) is 92.2 Å². The molecular formula is C21H18N2O4S. The zero-order valence-electron chi connectivity index (χ0n) is 15.0. The summed E-state index contributed by atoms with van der Waals surface area (Å²) in [4.78, 5) is 26.7. The molecule has 0 aliphatic carbocycles. The Bertz CT molecular complexity index is 1000. The topological polar surface area (TPSA) is 72.7 Å². The fourth-order valence-electron chi connectivity index (χ4n) is 3.53. The normalized spacial score (nSPS) is 15.7. The summed E-state index contributed by atoms with van der Waals surface area (Å²) in [6, 6.07) is 17.9. The summed E-state index contributed by atoms with van der Waals surface area (Å²) in [6.07, 6.45) is 0.799. The van der Waals surface area contributed by atoms with Gasteiger partial charge in [-0.15, -0.1) is 11.3 Å². The summed E-state index contributed by atoms with van der Waals surface area (Å²) in [5.41, 5.74) is 2.04. The lowest BCUT2D eigenvalue weighted by atomic mass is 9.93. The largest absolute Gasteiger partial charge is 0.477 e. The number of carbonyl (C=O) groups excluding carboxylic acids is 1. The Morgan fingerprint density at radius 2 is 1.89 bits per heavy atom. The highest BCUT2D eigenvalue weighted by Crippen LogP contribution is 2.37. The van der Waals surface area contributed by atoms with Gasteiger partial charge in [-0.1, -0.05) is 42.5 Å².